The Labute approximate surface area is 104 Å². The number of aliphatic imine (C=N–C) groups is 1. The first kappa shape index (κ1) is 13.3. The molecule has 17 heavy (non-hydrogen) atoms. The number of unbranched alkanes of at least 4 members (excludes halogenated alkanes) is 3. The molecule has 0 aliphatic heterocycles. The summed E-state index contributed by atoms with van der Waals surface area (Å²) < 4.78 is 5.07. The first-order chi connectivity index (χ1) is 8.36. The fourth-order valence-corrected chi connectivity index (χ4v) is 1.36. The van der Waals surface area contributed by atoms with Gasteiger partial charge in [0, 0.05) is 6.42 Å². The molecule has 0 bridgehead atoms. The van der Waals surface area contributed by atoms with Crippen LogP contribution in [0.5, 0.6) is 5.75 Å². The summed E-state index contributed by atoms with van der Waals surface area (Å²) in [6.07, 6.45) is 6.29. The third kappa shape index (κ3) is 5.77. The number of rotatable bonds is 5. The van der Waals surface area contributed by atoms with Crippen molar-refractivity contribution in [1.82, 2.24) is 0 Å². The first-order valence-corrected chi connectivity index (χ1v) is 6.01. The fourth-order valence-electron chi connectivity index (χ4n) is 1.36. The zero-order valence-corrected chi connectivity index (χ0v) is 10.6. The van der Waals surface area contributed by atoms with Gasteiger partial charge < -0.3 is 4.74 Å². The van der Waals surface area contributed by atoms with Crippen molar-refractivity contribution in [2.24, 2.45) is 4.99 Å². The average Bonchev–Trinajstić information content (AvgIpc) is 2.38. The van der Waals surface area contributed by atoms with Gasteiger partial charge in [0.25, 0.3) is 0 Å². The van der Waals surface area contributed by atoms with E-state index in [0.29, 0.717) is 0 Å². The van der Waals surface area contributed by atoms with Crippen LogP contribution >= 0.6 is 0 Å². The molecule has 0 unspecified atom stereocenters. The molecule has 0 spiro atoms. The Morgan fingerprint density at radius 3 is 2.65 bits per heavy atom. The van der Waals surface area contributed by atoms with Crippen LogP contribution in [0, 0.1) is 11.8 Å². The summed E-state index contributed by atoms with van der Waals surface area (Å²) in [6.45, 7) is 2.19. The predicted octanol–water partition coefficient (Wildman–Crippen LogP) is 3.98. The maximum atomic E-state index is 5.07. The highest BCUT2D eigenvalue weighted by Crippen LogP contribution is 2.16. The smallest absolute Gasteiger partial charge is 0.119 e. The topological polar surface area (TPSA) is 21.6 Å². The van der Waals surface area contributed by atoms with E-state index in [1.54, 1.807) is 13.3 Å². The Kier molecular flexibility index (Phi) is 6.59. The second kappa shape index (κ2) is 8.41. The van der Waals surface area contributed by atoms with E-state index in [0.717, 1.165) is 17.9 Å². The van der Waals surface area contributed by atoms with E-state index >= 15 is 0 Å². The normalized spacial score (nSPS) is 10.0. The maximum absolute atomic E-state index is 5.07. The number of benzene rings is 1. The largest absolute Gasteiger partial charge is 0.497 e. The molecule has 90 valence electrons. The summed E-state index contributed by atoms with van der Waals surface area (Å²) in [5.74, 6) is 6.88. The molecule has 0 aliphatic rings. The summed E-state index contributed by atoms with van der Waals surface area (Å²) in [5.41, 5.74) is 0.897. The number of methoxy groups -OCH3 is 1. The fraction of sp³-hybridized carbons (Fsp3) is 0.400. The second-order valence-electron chi connectivity index (χ2n) is 3.73. The lowest BCUT2D eigenvalue weighted by molar-refractivity contribution is 0.415. The van der Waals surface area contributed by atoms with Crippen LogP contribution in [0.25, 0.3) is 0 Å². The lowest BCUT2D eigenvalue weighted by Crippen LogP contribution is -1.79. The van der Waals surface area contributed by atoms with Crippen molar-refractivity contribution in [3.05, 3.63) is 24.3 Å². The van der Waals surface area contributed by atoms with Gasteiger partial charge in [-0.3, -0.25) is 0 Å². The summed E-state index contributed by atoms with van der Waals surface area (Å²) in [4.78, 5) is 4.25. The minimum atomic E-state index is 0.842. The highest BCUT2D eigenvalue weighted by Gasteiger charge is 1.89. The van der Waals surface area contributed by atoms with Gasteiger partial charge in [0.1, 0.15) is 5.75 Å². The molecule has 0 aromatic heterocycles. The molecule has 0 heterocycles. The van der Waals surface area contributed by atoms with Gasteiger partial charge in [0.15, 0.2) is 0 Å². The predicted molar refractivity (Wildman–Crippen MR) is 73.1 cm³/mol. The minimum absolute atomic E-state index is 0.842. The molecule has 1 rings (SSSR count). The van der Waals surface area contributed by atoms with Gasteiger partial charge in [-0.2, -0.15) is 0 Å². The highest BCUT2D eigenvalue weighted by atomic mass is 16.5. The van der Waals surface area contributed by atoms with Crippen molar-refractivity contribution < 1.29 is 4.74 Å². The van der Waals surface area contributed by atoms with Gasteiger partial charge in [-0.1, -0.05) is 31.6 Å². The van der Waals surface area contributed by atoms with Gasteiger partial charge in [-0.25, -0.2) is 4.99 Å². The lowest BCUT2D eigenvalue weighted by Gasteiger charge is -1.97. The Balaban J connectivity index is 2.36. The molecule has 0 atom stereocenters. The van der Waals surface area contributed by atoms with Crippen LogP contribution in [-0.4, -0.2) is 13.3 Å². The van der Waals surface area contributed by atoms with Crippen LogP contribution in [0.2, 0.25) is 0 Å². The molecule has 0 saturated carbocycles. The van der Waals surface area contributed by atoms with Gasteiger partial charge in [0.05, 0.1) is 19.0 Å². The highest BCUT2D eigenvalue weighted by molar-refractivity contribution is 5.80. The van der Waals surface area contributed by atoms with Crippen LogP contribution in [0.1, 0.15) is 32.6 Å². The van der Waals surface area contributed by atoms with E-state index in [1.165, 1.54) is 19.3 Å². The van der Waals surface area contributed by atoms with Gasteiger partial charge in [0.2, 0.25) is 0 Å². The Hall–Kier alpha value is -1.75. The number of hydrogen-bond donors (Lipinski definition) is 0. The third-order valence-corrected chi connectivity index (χ3v) is 2.36. The van der Waals surface area contributed by atoms with Crippen LogP contribution in [0.15, 0.2) is 29.3 Å². The zero-order chi connectivity index (χ0) is 12.3. The van der Waals surface area contributed by atoms with Crippen LogP contribution in [0.4, 0.5) is 5.69 Å². The monoisotopic (exact) mass is 229 g/mol. The first-order valence-electron chi connectivity index (χ1n) is 6.01. The molecule has 1 aromatic rings. The number of nitrogens with zero attached hydrogens (tertiary/aromatic N) is 1. The van der Waals surface area contributed by atoms with Crippen molar-refractivity contribution in [3.8, 4) is 17.6 Å². The summed E-state index contributed by atoms with van der Waals surface area (Å²) >= 11 is 0. The lowest BCUT2D eigenvalue weighted by atomic mass is 10.2. The van der Waals surface area contributed by atoms with Gasteiger partial charge in [-0.15, -0.1) is 0 Å². The number of hydrogen-bond acceptors (Lipinski definition) is 2. The molecular formula is C15H19NO. The minimum Gasteiger partial charge on any atom is -0.497 e. The molecule has 2 nitrogen and oxygen atoms in total. The molecule has 1 aromatic carbocycles. The van der Waals surface area contributed by atoms with E-state index in [-0.39, 0.29) is 0 Å². The Bertz CT molecular complexity index is 395. The number of ether oxygens (including phenoxy) is 1. The summed E-state index contributed by atoms with van der Waals surface area (Å²) in [6, 6.07) is 7.60. The van der Waals surface area contributed by atoms with Crippen molar-refractivity contribution in [1.29, 1.82) is 0 Å². The second-order valence-corrected chi connectivity index (χ2v) is 3.73. The van der Waals surface area contributed by atoms with E-state index < -0.39 is 0 Å². The third-order valence-electron chi connectivity index (χ3n) is 2.36. The maximum Gasteiger partial charge on any atom is 0.119 e. The average molecular weight is 229 g/mol. The van der Waals surface area contributed by atoms with Crippen molar-refractivity contribution >= 4 is 11.9 Å². The van der Waals surface area contributed by atoms with E-state index in [4.69, 9.17) is 4.74 Å². The molecule has 0 aliphatic carbocycles. The standard InChI is InChI=1S/C15H19NO/c1-3-4-5-6-7-8-13-16-14-9-11-15(17-2)12-10-14/h9-13H,3-6H2,1-2H3. The van der Waals surface area contributed by atoms with Crippen molar-refractivity contribution in [3.63, 3.8) is 0 Å². The molecule has 0 fully saturated rings. The molecule has 0 amide bonds. The quantitative estimate of drug-likeness (QED) is 0.425. The van der Waals surface area contributed by atoms with Gasteiger partial charge in [-0.05, 0) is 30.7 Å². The molecule has 2 heteroatoms. The van der Waals surface area contributed by atoms with Crippen molar-refractivity contribution in [2.45, 2.75) is 32.6 Å². The SMILES string of the molecule is CCCCCC#CC=Nc1ccc(OC)cc1. The summed E-state index contributed by atoms with van der Waals surface area (Å²) in [5, 5.41) is 0. The summed E-state index contributed by atoms with van der Waals surface area (Å²) in [7, 11) is 1.65. The van der Waals surface area contributed by atoms with E-state index in [9.17, 15) is 0 Å². The van der Waals surface area contributed by atoms with Crippen LogP contribution in [0.3, 0.4) is 0 Å². The van der Waals surface area contributed by atoms with Gasteiger partial charge >= 0.3 is 0 Å². The van der Waals surface area contributed by atoms with E-state index in [1.807, 2.05) is 24.3 Å². The van der Waals surface area contributed by atoms with Crippen molar-refractivity contribution in [2.75, 3.05) is 7.11 Å². The van der Waals surface area contributed by atoms with Crippen LogP contribution < -0.4 is 4.74 Å². The van der Waals surface area contributed by atoms with Crippen LogP contribution in [-0.2, 0) is 0 Å². The molecule has 0 radical (unpaired) electrons. The molecule has 0 N–H and O–H groups in total. The zero-order valence-electron chi connectivity index (χ0n) is 10.6. The Morgan fingerprint density at radius 1 is 1.24 bits per heavy atom. The van der Waals surface area contributed by atoms with E-state index in [2.05, 4.69) is 23.8 Å². The molecular weight excluding hydrogens is 210 g/mol. The molecule has 0 saturated heterocycles. The Morgan fingerprint density at radius 2 is 2.00 bits per heavy atom.